The molecule has 0 radical (unpaired) electrons. The second kappa shape index (κ2) is 5.94. The standard InChI is InChI=1S/C16H18F2/c1-2-3-4-12-5-7-13(8-6-12)14-9-15(17)11-16(18)10-14/h5,7,9-11H,2-4,6,8H2,1H3. The molecule has 18 heavy (non-hydrogen) atoms. The molecule has 0 nitrogen and oxygen atoms in total. The first-order valence-corrected chi connectivity index (χ1v) is 6.54. The van der Waals surface area contributed by atoms with Crippen molar-refractivity contribution < 1.29 is 8.78 Å². The predicted octanol–water partition coefficient (Wildman–Crippen LogP) is 5.26. The normalized spacial score (nSPS) is 15.3. The van der Waals surface area contributed by atoms with Crippen molar-refractivity contribution in [2.24, 2.45) is 0 Å². The summed E-state index contributed by atoms with van der Waals surface area (Å²) < 4.78 is 26.3. The van der Waals surface area contributed by atoms with Gasteiger partial charge >= 0.3 is 0 Å². The van der Waals surface area contributed by atoms with Gasteiger partial charge in [-0.1, -0.05) is 31.1 Å². The van der Waals surface area contributed by atoms with Crippen molar-refractivity contribution in [1.29, 1.82) is 0 Å². The fraction of sp³-hybridized carbons (Fsp3) is 0.375. The van der Waals surface area contributed by atoms with Crippen LogP contribution in [-0.2, 0) is 0 Å². The minimum absolute atomic E-state index is 0.508. The van der Waals surface area contributed by atoms with E-state index < -0.39 is 11.6 Å². The van der Waals surface area contributed by atoms with Gasteiger partial charge in [0.1, 0.15) is 11.6 Å². The van der Waals surface area contributed by atoms with Crippen molar-refractivity contribution in [2.45, 2.75) is 39.0 Å². The lowest BCUT2D eigenvalue weighted by Crippen LogP contribution is -1.95. The molecule has 0 unspecified atom stereocenters. The van der Waals surface area contributed by atoms with Crippen LogP contribution in [0.15, 0.2) is 35.9 Å². The van der Waals surface area contributed by atoms with Crippen LogP contribution in [-0.4, -0.2) is 0 Å². The minimum Gasteiger partial charge on any atom is -0.207 e. The summed E-state index contributed by atoms with van der Waals surface area (Å²) in [5, 5.41) is 0. The van der Waals surface area contributed by atoms with Gasteiger partial charge in [-0.05, 0) is 49.0 Å². The maximum absolute atomic E-state index is 13.1. The highest BCUT2D eigenvalue weighted by molar-refractivity contribution is 5.68. The van der Waals surface area contributed by atoms with Gasteiger partial charge in [0.15, 0.2) is 0 Å². The van der Waals surface area contributed by atoms with Crippen molar-refractivity contribution >= 4 is 5.57 Å². The van der Waals surface area contributed by atoms with Gasteiger partial charge in [-0.15, -0.1) is 0 Å². The molecule has 0 aromatic heterocycles. The van der Waals surface area contributed by atoms with E-state index in [4.69, 9.17) is 0 Å². The third kappa shape index (κ3) is 3.28. The smallest absolute Gasteiger partial charge is 0.126 e. The van der Waals surface area contributed by atoms with E-state index in [0.717, 1.165) is 30.9 Å². The number of hydrogen-bond acceptors (Lipinski definition) is 0. The average molecular weight is 248 g/mol. The topological polar surface area (TPSA) is 0 Å². The highest BCUT2D eigenvalue weighted by Crippen LogP contribution is 2.29. The first kappa shape index (κ1) is 13.0. The van der Waals surface area contributed by atoms with Crippen molar-refractivity contribution in [3.8, 4) is 0 Å². The van der Waals surface area contributed by atoms with Crippen LogP contribution in [0.4, 0.5) is 8.78 Å². The van der Waals surface area contributed by atoms with Crippen LogP contribution in [0.3, 0.4) is 0 Å². The molecular formula is C16H18F2. The summed E-state index contributed by atoms with van der Waals surface area (Å²) in [7, 11) is 0. The van der Waals surface area contributed by atoms with Crippen molar-refractivity contribution in [3.63, 3.8) is 0 Å². The maximum atomic E-state index is 13.1. The van der Waals surface area contributed by atoms with Gasteiger partial charge in [0.2, 0.25) is 0 Å². The van der Waals surface area contributed by atoms with E-state index in [9.17, 15) is 8.78 Å². The Morgan fingerprint density at radius 2 is 1.72 bits per heavy atom. The monoisotopic (exact) mass is 248 g/mol. The average Bonchev–Trinajstić information content (AvgIpc) is 2.36. The Balaban J connectivity index is 2.15. The summed E-state index contributed by atoms with van der Waals surface area (Å²) in [6.45, 7) is 2.18. The fourth-order valence-electron chi connectivity index (χ4n) is 2.27. The molecule has 1 aliphatic carbocycles. The SMILES string of the molecule is CCCCC1=CC=C(c2cc(F)cc(F)c2)CC1. The largest absolute Gasteiger partial charge is 0.207 e. The van der Waals surface area contributed by atoms with E-state index in [2.05, 4.69) is 13.0 Å². The molecule has 1 aromatic rings. The second-order valence-electron chi connectivity index (χ2n) is 4.78. The van der Waals surface area contributed by atoms with E-state index in [0.29, 0.717) is 5.56 Å². The maximum Gasteiger partial charge on any atom is 0.126 e. The fourth-order valence-corrected chi connectivity index (χ4v) is 2.27. The van der Waals surface area contributed by atoms with Crippen LogP contribution in [0.1, 0.15) is 44.6 Å². The number of benzene rings is 1. The first-order chi connectivity index (χ1) is 8.69. The first-order valence-electron chi connectivity index (χ1n) is 6.54. The number of rotatable bonds is 4. The number of halogens is 2. The Morgan fingerprint density at radius 3 is 2.28 bits per heavy atom. The molecular weight excluding hydrogens is 230 g/mol. The number of allylic oxidation sites excluding steroid dienone is 4. The van der Waals surface area contributed by atoms with Gasteiger partial charge < -0.3 is 0 Å². The van der Waals surface area contributed by atoms with E-state index in [1.807, 2.05) is 6.08 Å². The third-order valence-electron chi connectivity index (χ3n) is 3.32. The van der Waals surface area contributed by atoms with Gasteiger partial charge in [0.05, 0.1) is 0 Å². The zero-order valence-electron chi connectivity index (χ0n) is 10.7. The molecule has 2 rings (SSSR count). The number of unbranched alkanes of at least 4 members (excludes halogenated alkanes) is 1. The lowest BCUT2D eigenvalue weighted by atomic mass is 9.91. The molecule has 0 bridgehead atoms. The van der Waals surface area contributed by atoms with E-state index >= 15 is 0 Å². The summed E-state index contributed by atoms with van der Waals surface area (Å²) in [5.74, 6) is -1.02. The van der Waals surface area contributed by atoms with Crippen LogP contribution in [0.25, 0.3) is 5.57 Å². The molecule has 0 saturated carbocycles. The van der Waals surface area contributed by atoms with Gasteiger partial charge in [0, 0.05) is 6.07 Å². The van der Waals surface area contributed by atoms with E-state index in [1.54, 1.807) is 0 Å². The Bertz CT molecular complexity index is 464. The third-order valence-corrected chi connectivity index (χ3v) is 3.32. The molecule has 1 aliphatic rings. The quantitative estimate of drug-likeness (QED) is 0.682. The van der Waals surface area contributed by atoms with Crippen LogP contribution in [0, 0.1) is 11.6 Å². The van der Waals surface area contributed by atoms with Gasteiger partial charge in [-0.25, -0.2) is 8.78 Å². The van der Waals surface area contributed by atoms with Crippen molar-refractivity contribution in [2.75, 3.05) is 0 Å². The second-order valence-corrected chi connectivity index (χ2v) is 4.78. The molecule has 0 N–H and O–H groups in total. The molecule has 0 atom stereocenters. The molecule has 0 amide bonds. The molecule has 2 heteroatoms. The Hall–Kier alpha value is -1.44. The Morgan fingerprint density at radius 1 is 1.00 bits per heavy atom. The van der Waals surface area contributed by atoms with E-state index in [-0.39, 0.29) is 0 Å². The Labute approximate surface area is 107 Å². The van der Waals surface area contributed by atoms with Gasteiger partial charge in [-0.2, -0.15) is 0 Å². The predicted molar refractivity (Wildman–Crippen MR) is 71.2 cm³/mol. The van der Waals surface area contributed by atoms with Crippen LogP contribution in [0.5, 0.6) is 0 Å². The minimum atomic E-state index is -0.508. The molecule has 0 aliphatic heterocycles. The lowest BCUT2D eigenvalue weighted by Gasteiger charge is -2.15. The summed E-state index contributed by atoms with van der Waals surface area (Å²) in [5.41, 5.74) is 3.13. The summed E-state index contributed by atoms with van der Waals surface area (Å²) in [6, 6.07) is 3.72. The van der Waals surface area contributed by atoms with E-state index in [1.165, 1.54) is 30.5 Å². The van der Waals surface area contributed by atoms with Gasteiger partial charge in [-0.3, -0.25) is 0 Å². The van der Waals surface area contributed by atoms with Crippen LogP contribution < -0.4 is 0 Å². The molecule has 0 spiro atoms. The van der Waals surface area contributed by atoms with Crippen molar-refractivity contribution in [3.05, 3.63) is 53.1 Å². The summed E-state index contributed by atoms with van der Waals surface area (Å²) in [4.78, 5) is 0. The highest BCUT2D eigenvalue weighted by atomic mass is 19.1. The zero-order chi connectivity index (χ0) is 13.0. The molecule has 0 saturated heterocycles. The summed E-state index contributed by atoms with van der Waals surface area (Å²) >= 11 is 0. The zero-order valence-corrected chi connectivity index (χ0v) is 10.7. The molecule has 0 fully saturated rings. The lowest BCUT2D eigenvalue weighted by molar-refractivity contribution is 0.582. The summed E-state index contributed by atoms with van der Waals surface area (Å²) in [6.07, 6.45) is 9.53. The highest BCUT2D eigenvalue weighted by Gasteiger charge is 2.10. The Kier molecular flexibility index (Phi) is 4.29. The van der Waals surface area contributed by atoms with Crippen LogP contribution >= 0.6 is 0 Å². The molecule has 96 valence electrons. The van der Waals surface area contributed by atoms with Gasteiger partial charge in [0.25, 0.3) is 0 Å². The number of hydrogen-bond donors (Lipinski definition) is 0. The molecule has 0 heterocycles. The van der Waals surface area contributed by atoms with Crippen molar-refractivity contribution in [1.82, 2.24) is 0 Å². The molecule has 1 aromatic carbocycles. The van der Waals surface area contributed by atoms with Crippen LogP contribution in [0.2, 0.25) is 0 Å².